The molecule has 176 valence electrons. The molecular weight excluding hydrogens is 410 g/mol. The number of morpholine rings is 1. The van der Waals surface area contributed by atoms with E-state index in [0.29, 0.717) is 70.3 Å². The van der Waals surface area contributed by atoms with Gasteiger partial charge in [0.2, 0.25) is 11.8 Å². The number of anilines is 1. The third-order valence-corrected chi connectivity index (χ3v) is 6.00. The largest absolute Gasteiger partial charge is 0.379 e. The van der Waals surface area contributed by atoms with Crippen LogP contribution in [0.5, 0.6) is 0 Å². The average molecular weight is 446 g/mol. The Morgan fingerprint density at radius 3 is 2.25 bits per heavy atom. The van der Waals surface area contributed by atoms with Crippen LogP contribution in [-0.4, -0.2) is 116 Å². The van der Waals surface area contributed by atoms with Gasteiger partial charge >= 0.3 is 0 Å². The molecule has 0 radical (unpaired) electrons. The van der Waals surface area contributed by atoms with Crippen LogP contribution in [0, 0.1) is 0 Å². The topological polar surface area (TPSA) is 85.4 Å². The van der Waals surface area contributed by atoms with Gasteiger partial charge in [0, 0.05) is 63.6 Å². The molecular formula is C23H35N5O4. The van der Waals surface area contributed by atoms with E-state index in [1.165, 1.54) is 0 Å². The number of nitrogens with one attached hydrogen (secondary N) is 1. The molecule has 0 unspecified atom stereocenters. The lowest BCUT2D eigenvalue weighted by atomic mass is 10.1. The minimum absolute atomic E-state index is 0.0380. The van der Waals surface area contributed by atoms with Crippen LogP contribution in [0.3, 0.4) is 0 Å². The van der Waals surface area contributed by atoms with Crippen molar-refractivity contribution in [1.29, 1.82) is 0 Å². The standard InChI is InChI=1S/C23H35N5O4/c1-3-27(4-2)23(31)19-6-5-7-20(16-19)24-21(29)17-25-8-10-28(11-9-25)22(30)18-26-12-14-32-15-13-26/h5-7,16H,3-4,8-15,17-18H2,1-2H3,(H,24,29). The normalized spacial score (nSPS) is 17.8. The summed E-state index contributed by atoms with van der Waals surface area (Å²) in [5.41, 5.74) is 1.19. The van der Waals surface area contributed by atoms with Crippen molar-refractivity contribution in [2.75, 3.05) is 84.0 Å². The summed E-state index contributed by atoms with van der Waals surface area (Å²) in [6, 6.07) is 7.06. The lowest BCUT2D eigenvalue weighted by Gasteiger charge is -2.36. The summed E-state index contributed by atoms with van der Waals surface area (Å²) in [4.78, 5) is 45.4. The molecule has 1 aromatic rings. The van der Waals surface area contributed by atoms with Crippen LogP contribution >= 0.6 is 0 Å². The van der Waals surface area contributed by atoms with Gasteiger partial charge in [-0.3, -0.25) is 24.2 Å². The molecule has 0 saturated carbocycles. The van der Waals surface area contributed by atoms with Gasteiger partial charge in [-0.2, -0.15) is 0 Å². The fraction of sp³-hybridized carbons (Fsp3) is 0.609. The fourth-order valence-corrected chi connectivity index (χ4v) is 4.03. The quantitative estimate of drug-likeness (QED) is 0.630. The minimum atomic E-state index is -0.120. The van der Waals surface area contributed by atoms with Crippen molar-refractivity contribution < 1.29 is 19.1 Å². The van der Waals surface area contributed by atoms with Gasteiger partial charge in [-0.25, -0.2) is 0 Å². The lowest BCUT2D eigenvalue weighted by molar-refractivity contribution is -0.135. The molecule has 3 amide bonds. The van der Waals surface area contributed by atoms with E-state index in [4.69, 9.17) is 4.74 Å². The molecule has 0 aromatic heterocycles. The lowest BCUT2D eigenvalue weighted by Crippen LogP contribution is -2.53. The second-order valence-corrected chi connectivity index (χ2v) is 8.15. The first kappa shape index (κ1) is 24.2. The Hall–Kier alpha value is -2.49. The Kier molecular flexibility index (Phi) is 9.01. The second kappa shape index (κ2) is 11.9. The smallest absolute Gasteiger partial charge is 0.253 e. The molecule has 2 fully saturated rings. The van der Waals surface area contributed by atoms with E-state index in [0.717, 1.165) is 13.1 Å². The van der Waals surface area contributed by atoms with Crippen molar-refractivity contribution in [1.82, 2.24) is 19.6 Å². The van der Waals surface area contributed by atoms with Gasteiger partial charge in [-0.05, 0) is 32.0 Å². The average Bonchev–Trinajstić information content (AvgIpc) is 2.81. The molecule has 2 aliphatic rings. The SMILES string of the molecule is CCN(CC)C(=O)c1cccc(NC(=O)CN2CCN(C(=O)CN3CCOCC3)CC2)c1. The molecule has 2 saturated heterocycles. The van der Waals surface area contributed by atoms with Crippen LogP contribution in [0.25, 0.3) is 0 Å². The van der Waals surface area contributed by atoms with Crippen molar-refractivity contribution in [3.05, 3.63) is 29.8 Å². The van der Waals surface area contributed by atoms with Crippen molar-refractivity contribution in [2.45, 2.75) is 13.8 Å². The molecule has 2 aliphatic heterocycles. The molecule has 9 heteroatoms. The fourth-order valence-electron chi connectivity index (χ4n) is 4.03. The number of ether oxygens (including phenoxy) is 1. The Morgan fingerprint density at radius 2 is 1.59 bits per heavy atom. The van der Waals surface area contributed by atoms with Crippen LogP contribution in [0.4, 0.5) is 5.69 Å². The van der Waals surface area contributed by atoms with Gasteiger partial charge in [0.1, 0.15) is 0 Å². The molecule has 2 heterocycles. The van der Waals surface area contributed by atoms with E-state index < -0.39 is 0 Å². The van der Waals surface area contributed by atoms with E-state index in [9.17, 15) is 14.4 Å². The number of nitrogens with zero attached hydrogens (tertiary/aromatic N) is 4. The highest BCUT2D eigenvalue weighted by molar-refractivity contribution is 5.97. The highest BCUT2D eigenvalue weighted by Crippen LogP contribution is 2.13. The van der Waals surface area contributed by atoms with Crippen LogP contribution in [0.1, 0.15) is 24.2 Å². The van der Waals surface area contributed by atoms with Crippen molar-refractivity contribution >= 4 is 23.4 Å². The summed E-state index contributed by atoms with van der Waals surface area (Å²) in [5.74, 6) is -0.0137. The summed E-state index contributed by atoms with van der Waals surface area (Å²) in [5, 5.41) is 2.90. The maximum atomic E-state index is 12.5. The molecule has 3 rings (SSSR count). The summed E-state index contributed by atoms with van der Waals surface area (Å²) < 4.78 is 5.33. The highest BCUT2D eigenvalue weighted by Gasteiger charge is 2.24. The maximum absolute atomic E-state index is 12.5. The monoisotopic (exact) mass is 445 g/mol. The number of hydrogen-bond acceptors (Lipinski definition) is 6. The zero-order chi connectivity index (χ0) is 22.9. The molecule has 0 atom stereocenters. The molecule has 32 heavy (non-hydrogen) atoms. The molecule has 1 N–H and O–H groups in total. The predicted octanol–water partition coefficient (Wildman–Crippen LogP) is 0.584. The first-order valence-corrected chi connectivity index (χ1v) is 11.5. The Morgan fingerprint density at radius 1 is 0.938 bits per heavy atom. The van der Waals surface area contributed by atoms with E-state index in [1.807, 2.05) is 18.7 Å². The van der Waals surface area contributed by atoms with Gasteiger partial charge in [-0.1, -0.05) is 6.07 Å². The van der Waals surface area contributed by atoms with Gasteiger partial charge < -0.3 is 19.9 Å². The Labute approximate surface area is 190 Å². The van der Waals surface area contributed by atoms with E-state index in [2.05, 4.69) is 15.1 Å². The molecule has 1 aromatic carbocycles. The van der Waals surface area contributed by atoms with E-state index in [-0.39, 0.29) is 24.3 Å². The first-order valence-electron chi connectivity index (χ1n) is 11.5. The van der Waals surface area contributed by atoms with Gasteiger partial charge in [0.15, 0.2) is 0 Å². The third-order valence-electron chi connectivity index (χ3n) is 6.00. The first-order chi connectivity index (χ1) is 15.5. The third kappa shape index (κ3) is 6.75. The summed E-state index contributed by atoms with van der Waals surface area (Å²) >= 11 is 0. The Balaban J connectivity index is 1.44. The van der Waals surface area contributed by atoms with Gasteiger partial charge in [0.05, 0.1) is 26.3 Å². The zero-order valence-electron chi connectivity index (χ0n) is 19.2. The number of hydrogen-bond donors (Lipinski definition) is 1. The number of benzene rings is 1. The van der Waals surface area contributed by atoms with Crippen molar-refractivity contribution in [2.24, 2.45) is 0 Å². The van der Waals surface area contributed by atoms with Crippen molar-refractivity contribution in [3.8, 4) is 0 Å². The number of carbonyl (C=O) groups is 3. The molecule has 0 bridgehead atoms. The number of piperazine rings is 1. The van der Waals surface area contributed by atoms with Crippen LogP contribution in [-0.2, 0) is 14.3 Å². The summed E-state index contributed by atoms with van der Waals surface area (Å²) in [6.45, 7) is 11.4. The number of rotatable bonds is 8. The van der Waals surface area contributed by atoms with Gasteiger partial charge in [0.25, 0.3) is 5.91 Å². The Bertz CT molecular complexity index is 784. The van der Waals surface area contributed by atoms with Crippen molar-refractivity contribution in [3.63, 3.8) is 0 Å². The summed E-state index contributed by atoms with van der Waals surface area (Å²) in [7, 11) is 0. The van der Waals surface area contributed by atoms with Crippen LogP contribution < -0.4 is 5.32 Å². The number of amides is 3. The molecule has 0 aliphatic carbocycles. The molecule has 0 spiro atoms. The predicted molar refractivity (Wildman–Crippen MR) is 123 cm³/mol. The second-order valence-electron chi connectivity index (χ2n) is 8.15. The van der Waals surface area contributed by atoms with E-state index >= 15 is 0 Å². The zero-order valence-corrected chi connectivity index (χ0v) is 19.2. The minimum Gasteiger partial charge on any atom is -0.379 e. The number of carbonyl (C=O) groups excluding carboxylic acids is 3. The summed E-state index contributed by atoms with van der Waals surface area (Å²) in [6.07, 6.45) is 0. The maximum Gasteiger partial charge on any atom is 0.253 e. The highest BCUT2D eigenvalue weighted by atomic mass is 16.5. The molecule has 9 nitrogen and oxygen atoms in total. The van der Waals surface area contributed by atoms with Gasteiger partial charge in [-0.15, -0.1) is 0 Å². The van der Waals surface area contributed by atoms with Crippen LogP contribution in [0.15, 0.2) is 24.3 Å². The van der Waals surface area contributed by atoms with Crippen LogP contribution in [0.2, 0.25) is 0 Å². The van der Waals surface area contributed by atoms with E-state index in [1.54, 1.807) is 29.2 Å².